The maximum absolute atomic E-state index is 4.85. The maximum Gasteiger partial charge on any atom is 0.139 e. The Balaban J connectivity index is 2.01. The van der Waals surface area contributed by atoms with Crippen LogP contribution >= 0.6 is 22.6 Å². The smallest absolute Gasteiger partial charge is 0.139 e. The van der Waals surface area contributed by atoms with E-state index in [4.69, 9.17) is 4.99 Å². The van der Waals surface area contributed by atoms with Crippen molar-refractivity contribution in [3.05, 3.63) is 93.1 Å². The lowest BCUT2D eigenvalue weighted by Crippen LogP contribution is -2.14. The van der Waals surface area contributed by atoms with E-state index in [9.17, 15) is 0 Å². The molecule has 0 saturated carbocycles. The van der Waals surface area contributed by atoms with Gasteiger partial charge in [-0.25, -0.2) is 4.99 Å². The summed E-state index contributed by atoms with van der Waals surface area (Å²) in [6, 6.07) is 24.9. The summed E-state index contributed by atoms with van der Waals surface area (Å²) in [5, 5.41) is 3.47. The molecular weight excluding hydrogens is 407 g/mol. The Labute approximate surface area is 156 Å². The maximum atomic E-state index is 4.85. The van der Waals surface area contributed by atoms with E-state index >= 15 is 0 Å². The van der Waals surface area contributed by atoms with Crippen LogP contribution in [0.4, 0.5) is 11.4 Å². The standard InChI is InChI=1S/C21H19IN2/c1-15-7-11-17(12-8-15)23-21(19-5-3-4-6-20(19)22)24-18-13-9-16(2)10-14-18/h3-14H,1-2H3,(H,23,24). The molecule has 0 aliphatic carbocycles. The summed E-state index contributed by atoms with van der Waals surface area (Å²) in [6.07, 6.45) is 0. The summed E-state index contributed by atoms with van der Waals surface area (Å²) in [5.74, 6) is 0.854. The highest BCUT2D eigenvalue weighted by Crippen LogP contribution is 2.20. The normalized spacial score (nSPS) is 11.4. The number of rotatable bonds is 3. The van der Waals surface area contributed by atoms with Crippen molar-refractivity contribution >= 4 is 39.8 Å². The van der Waals surface area contributed by atoms with E-state index in [1.165, 1.54) is 14.7 Å². The van der Waals surface area contributed by atoms with Gasteiger partial charge in [-0.1, -0.05) is 53.6 Å². The number of anilines is 1. The number of halogens is 1. The number of benzene rings is 3. The predicted molar refractivity (Wildman–Crippen MR) is 111 cm³/mol. The summed E-state index contributed by atoms with van der Waals surface area (Å²) in [4.78, 5) is 4.85. The zero-order chi connectivity index (χ0) is 16.9. The lowest BCUT2D eigenvalue weighted by atomic mass is 10.1. The number of hydrogen-bond acceptors (Lipinski definition) is 1. The third-order valence-electron chi connectivity index (χ3n) is 3.72. The number of nitrogens with zero attached hydrogens (tertiary/aromatic N) is 1. The molecule has 0 atom stereocenters. The number of amidine groups is 1. The second-order valence-electron chi connectivity index (χ2n) is 5.77. The zero-order valence-electron chi connectivity index (χ0n) is 13.8. The fourth-order valence-corrected chi connectivity index (χ4v) is 2.97. The first-order chi connectivity index (χ1) is 11.6. The minimum absolute atomic E-state index is 0.854. The molecule has 3 rings (SSSR count). The molecule has 0 aliphatic rings. The minimum atomic E-state index is 0.854. The first-order valence-corrected chi connectivity index (χ1v) is 8.94. The van der Waals surface area contributed by atoms with Gasteiger partial charge in [0, 0.05) is 14.8 Å². The average Bonchev–Trinajstić information content (AvgIpc) is 2.59. The van der Waals surface area contributed by atoms with Crippen LogP contribution in [0.1, 0.15) is 16.7 Å². The van der Waals surface area contributed by atoms with Gasteiger partial charge in [-0.05, 0) is 66.8 Å². The number of nitrogens with one attached hydrogen (secondary N) is 1. The molecule has 120 valence electrons. The molecule has 0 fully saturated rings. The average molecular weight is 426 g/mol. The first kappa shape index (κ1) is 16.7. The van der Waals surface area contributed by atoms with Crippen molar-refractivity contribution in [2.45, 2.75) is 13.8 Å². The molecule has 0 radical (unpaired) electrons. The summed E-state index contributed by atoms with van der Waals surface area (Å²) in [6.45, 7) is 4.17. The van der Waals surface area contributed by atoms with E-state index in [0.29, 0.717) is 0 Å². The van der Waals surface area contributed by atoms with Gasteiger partial charge in [0.25, 0.3) is 0 Å². The number of aliphatic imine (C=N–C) groups is 1. The van der Waals surface area contributed by atoms with E-state index in [0.717, 1.165) is 22.8 Å². The van der Waals surface area contributed by atoms with Crippen molar-refractivity contribution in [1.29, 1.82) is 0 Å². The van der Waals surface area contributed by atoms with Crippen LogP contribution in [0, 0.1) is 17.4 Å². The summed E-state index contributed by atoms with van der Waals surface area (Å²) >= 11 is 2.35. The molecule has 0 saturated heterocycles. The van der Waals surface area contributed by atoms with Crippen molar-refractivity contribution < 1.29 is 0 Å². The molecule has 3 heteroatoms. The Kier molecular flexibility index (Phi) is 5.30. The molecular formula is C21H19IN2. The quantitative estimate of drug-likeness (QED) is 0.306. The van der Waals surface area contributed by atoms with E-state index in [-0.39, 0.29) is 0 Å². The summed E-state index contributed by atoms with van der Waals surface area (Å²) in [5.41, 5.74) is 5.54. The fraction of sp³-hybridized carbons (Fsp3) is 0.0952. The highest BCUT2D eigenvalue weighted by Gasteiger charge is 2.08. The lowest BCUT2D eigenvalue weighted by molar-refractivity contribution is 1.41. The molecule has 0 unspecified atom stereocenters. The predicted octanol–water partition coefficient (Wildman–Crippen LogP) is 6.10. The van der Waals surface area contributed by atoms with Crippen molar-refractivity contribution in [3.8, 4) is 0 Å². The van der Waals surface area contributed by atoms with Gasteiger partial charge in [-0.2, -0.15) is 0 Å². The van der Waals surface area contributed by atoms with Crippen LogP contribution < -0.4 is 5.32 Å². The van der Waals surface area contributed by atoms with Gasteiger partial charge < -0.3 is 5.32 Å². The SMILES string of the molecule is Cc1ccc(N=C(Nc2ccc(C)cc2)c2ccccc2I)cc1. The molecule has 2 nitrogen and oxygen atoms in total. The Hall–Kier alpha value is -2.14. The fourth-order valence-electron chi connectivity index (χ4n) is 2.33. The van der Waals surface area contributed by atoms with E-state index in [1.54, 1.807) is 0 Å². The second kappa shape index (κ2) is 7.62. The first-order valence-electron chi connectivity index (χ1n) is 7.86. The van der Waals surface area contributed by atoms with Crippen LogP contribution in [0.15, 0.2) is 77.8 Å². The van der Waals surface area contributed by atoms with Gasteiger partial charge in [0.1, 0.15) is 5.84 Å². The molecule has 0 heterocycles. The van der Waals surface area contributed by atoms with E-state index in [1.807, 2.05) is 24.3 Å². The van der Waals surface area contributed by atoms with Crippen LogP contribution in [-0.4, -0.2) is 5.84 Å². The molecule has 24 heavy (non-hydrogen) atoms. The minimum Gasteiger partial charge on any atom is -0.340 e. The Morgan fingerprint density at radius 3 is 2.00 bits per heavy atom. The zero-order valence-corrected chi connectivity index (χ0v) is 15.9. The highest BCUT2D eigenvalue weighted by atomic mass is 127. The van der Waals surface area contributed by atoms with Gasteiger partial charge in [0.15, 0.2) is 0 Å². The van der Waals surface area contributed by atoms with Crippen molar-refractivity contribution in [3.63, 3.8) is 0 Å². The third-order valence-corrected chi connectivity index (χ3v) is 4.66. The molecule has 0 aromatic heterocycles. The molecule has 0 amide bonds. The third kappa shape index (κ3) is 4.23. The summed E-state index contributed by atoms with van der Waals surface area (Å²) < 4.78 is 1.17. The van der Waals surface area contributed by atoms with Crippen molar-refractivity contribution in [2.75, 3.05) is 5.32 Å². The van der Waals surface area contributed by atoms with Crippen LogP contribution in [0.5, 0.6) is 0 Å². The highest BCUT2D eigenvalue weighted by molar-refractivity contribution is 14.1. The molecule has 1 N–H and O–H groups in total. The van der Waals surface area contributed by atoms with Crippen LogP contribution in [0.25, 0.3) is 0 Å². The summed E-state index contributed by atoms with van der Waals surface area (Å²) in [7, 11) is 0. The molecule has 0 aliphatic heterocycles. The lowest BCUT2D eigenvalue weighted by Gasteiger charge is -2.12. The molecule has 3 aromatic carbocycles. The van der Waals surface area contributed by atoms with Crippen molar-refractivity contribution in [2.24, 2.45) is 4.99 Å². The van der Waals surface area contributed by atoms with Crippen molar-refractivity contribution in [1.82, 2.24) is 0 Å². The number of hydrogen-bond donors (Lipinski definition) is 1. The Morgan fingerprint density at radius 2 is 1.38 bits per heavy atom. The van der Waals surface area contributed by atoms with E-state index in [2.05, 4.69) is 90.3 Å². The van der Waals surface area contributed by atoms with Gasteiger partial charge in [0.2, 0.25) is 0 Å². The largest absolute Gasteiger partial charge is 0.340 e. The van der Waals surface area contributed by atoms with Gasteiger partial charge in [-0.3, -0.25) is 0 Å². The van der Waals surface area contributed by atoms with Gasteiger partial charge in [0.05, 0.1) is 5.69 Å². The van der Waals surface area contributed by atoms with Crippen LogP contribution in [0.2, 0.25) is 0 Å². The Morgan fingerprint density at radius 1 is 0.792 bits per heavy atom. The van der Waals surface area contributed by atoms with Crippen LogP contribution in [-0.2, 0) is 0 Å². The number of aryl methyl sites for hydroxylation is 2. The molecule has 0 bridgehead atoms. The monoisotopic (exact) mass is 426 g/mol. The van der Waals surface area contributed by atoms with Gasteiger partial charge in [-0.15, -0.1) is 0 Å². The molecule has 3 aromatic rings. The molecule has 0 spiro atoms. The Bertz CT molecular complexity index is 850. The van der Waals surface area contributed by atoms with E-state index < -0.39 is 0 Å². The topological polar surface area (TPSA) is 24.4 Å². The van der Waals surface area contributed by atoms with Gasteiger partial charge >= 0.3 is 0 Å². The second-order valence-corrected chi connectivity index (χ2v) is 6.93. The van der Waals surface area contributed by atoms with Crippen LogP contribution in [0.3, 0.4) is 0 Å².